The summed E-state index contributed by atoms with van der Waals surface area (Å²) >= 11 is 0. The highest BCUT2D eigenvalue weighted by molar-refractivity contribution is 5.65. The van der Waals surface area contributed by atoms with Crippen LogP contribution in [0.2, 0.25) is 0 Å². The minimum atomic E-state index is -0.837. The largest absolute Gasteiger partial charge is 0.465 e. The summed E-state index contributed by atoms with van der Waals surface area (Å²) in [5, 5.41) is 8.74. The van der Waals surface area contributed by atoms with E-state index in [4.69, 9.17) is 9.52 Å². The van der Waals surface area contributed by atoms with Gasteiger partial charge in [-0.2, -0.15) is 0 Å². The molecule has 0 saturated carbocycles. The smallest absolute Gasteiger partial charge is 0.407 e. The fourth-order valence-corrected chi connectivity index (χ4v) is 1.75. The number of piperidine rings is 1. The van der Waals surface area contributed by atoms with Gasteiger partial charge in [-0.05, 0) is 12.8 Å². The first-order chi connectivity index (χ1) is 6.77. The average molecular weight is 196 g/mol. The monoisotopic (exact) mass is 196 g/mol. The normalized spacial score (nSPS) is 18.4. The third-order valence-electron chi connectivity index (χ3n) is 2.57. The van der Waals surface area contributed by atoms with Crippen molar-refractivity contribution in [2.45, 2.75) is 18.8 Å². The highest BCUT2D eigenvalue weighted by atomic mass is 16.4. The predicted molar refractivity (Wildman–Crippen MR) is 48.1 cm³/mol. The van der Waals surface area contributed by atoms with E-state index in [9.17, 15) is 4.79 Å². The lowest BCUT2D eigenvalue weighted by Crippen LogP contribution is -2.36. The van der Waals surface area contributed by atoms with E-state index >= 15 is 0 Å². The van der Waals surface area contributed by atoms with Gasteiger partial charge in [-0.15, -0.1) is 0 Å². The van der Waals surface area contributed by atoms with Crippen LogP contribution in [0.4, 0.5) is 4.79 Å². The van der Waals surface area contributed by atoms with Crippen LogP contribution in [0, 0.1) is 0 Å². The number of carbonyl (C=O) groups is 1. The van der Waals surface area contributed by atoms with Crippen LogP contribution in [0.3, 0.4) is 0 Å². The average Bonchev–Trinajstić information content (AvgIpc) is 2.71. The summed E-state index contributed by atoms with van der Waals surface area (Å²) in [4.78, 5) is 16.1. The molecule has 0 aromatic carbocycles. The van der Waals surface area contributed by atoms with Crippen LogP contribution >= 0.6 is 0 Å². The number of hydrogen-bond donors (Lipinski definition) is 1. The first-order valence-corrected chi connectivity index (χ1v) is 4.64. The van der Waals surface area contributed by atoms with E-state index in [1.165, 1.54) is 4.90 Å². The summed E-state index contributed by atoms with van der Waals surface area (Å²) in [7, 11) is 0. The lowest BCUT2D eigenvalue weighted by molar-refractivity contribution is 0.129. The molecule has 1 aliphatic heterocycles. The van der Waals surface area contributed by atoms with Gasteiger partial charge in [0, 0.05) is 19.0 Å². The van der Waals surface area contributed by atoms with E-state index < -0.39 is 6.09 Å². The molecule has 1 saturated heterocycles. The van der Waals surface area contributed by atoms with Crippen molar-refractivity contribution < 1.29 is 14.3 Å². The zero-order chi connectivity index (χ0) is 9.97. The third kappa shape index (κ3) is 1.71. The van der Waals surface area contributed by atoms with Gasteiger partial charge in [0.1, 0.15) is 6.26 Å². The molecule has 1 aromatic rings. The molecule has 1 N–H and O–H groups in total. The minimum Gasteiger partial charge on any atom is -0.465 e. The highest BCUT2D eigenvalue weighted by Gasteiger charge is 2.25. The second kappa shape index (κ2) is 3.69. The van der Waals surface area contributed by atoms with Gasteiger partial charge in [-0.25, -0.2) is 9.78 Å². The van der Waals surface area contributed by atoms with Crippen LogP contribution in [-0.4, -0.2) is 34.2 Å². The summed E-state index contributed by atoms with van der Waals surface area (Å²) in [5.74, 6) is 1.01. The van der Waals surface area contributed by atoms with Gasteiger partial charge >= 0.3 is 6.09 Å². The second-order valence-electron chi connectivity index (χ2n) is 3.41. The number of carboxylic acid groups (broad SMARTS) is 1. The molecule has 1 aliphatic rings. The van der Waals surface area contributed by atoms with E-state index in [1.54, 1.807) is 12.5 Å². The Morgan fingerprint density at radius 3 is 2.79 bits per heavy atom. The first-order valence-electron chi connectivity index (χ1n) is 4.64. The van der Waals surface area contributed by atoms with Gasteiger partial charge in [0.25, 0.3) is 0 Å². The Morgan fingerprint density at radius 2 is 2.29 bits per heavy atom. The Bertz CT molecular complexity index is 302. The third-order valence-corrected chi connectivity index (χ3v) is 2.57. The van der Waals surface area contributed by atoms with E-state index in [0.29, 0.717) is 13.1 Å². The molecule has 14 heavy (non-hydrogen) atoms. The van der Waals surface area contributed by atoms with Crippen molar-refractivity contribution in [2.24, 2.45) is 0 Å². The zero-order valence-corrected chi connectivity index (χ0v) is 7.72. The molecule has 1 amide bonds. The van der Waals surface area contributed by atoms with Crippen LogP contribution in [0.1, 0.15) is 24.7 Å². The van der Waals surface area contributed by atoms with Crippen LogP contribution in [0.5, 0.6) is 0 Å². The topological polar surface area (TPSA) is 66.6 Å². The molecule has 5 heteroatoms. The molecular formula is C9H12N2O3. The second-order valence-corrected chi connectivity index (χ2v) is 3.41. The molecule has 5 nitrogen and oxygen atoms in total. The number of likely N-dealkylation sites (tertiary alicyclic amines) is 1. The van der Waals surface area contributed by atoms with Gasteiger partial charge in [-0.1, -0.05) is 0 Å². The quantitative estimate of drug-likeness (QED) is 0.739. The molecule has 0 bridgehead atoms. The van der Waals surface area contributed by atoms with Crippen LogP contribution < -0.4 is 0 Å². The molecule has 76 valence electrons. The number of nitrogens with zero attached hydrogens (tertiary/aromatic N) is 2. The summed E-state index contributed by atoms with van der Waals surface area (Å²) in [5.41, 5.74) is 0. The first kappa shape index (κ1) is 9.05. The zero-order valence-electron chi connectivity index (χ0n) is 7.72. The Labute approximate surface area is 81.3 Å². The van der Waals surface area contributed by atoms with Gasteiger partial charge in [0.2, 0.25) is 0 Å². The molecule has 0 spiro atoms. The van der Waals surface area contributed by atoms with Crippen molar-refractivity contribution in [3.8, 4) is 0 Å². The summed E-state index contributed by atoms with van der Waals surface area (Å²) in [6, 6.07) is 0. The maximum absolute atomic E-state index is 10.6. The van der Waals surface area contributed by atoms with Gasteiger partial charge in [0.05, 0.1) is 6.20 Å². The maximum atomic E-state index is 10.6. The fraction of sp³-hybridized carbons (Fsp3) is 0.556. The number of rotatable bonds is 1. The Morgan fingerprint density at radius 1 is 1.57 bits per heavy atom. The lowest BCUT2D eigenvalue weighted by atomic mass is 9.97. The molecule has 0 radical (unpaired) electrons. The van der Waals surface area contributed by atoms with Gasteiger partial charge < -0.3 is 14.4 Å². The van der Waals surface area contributed by atoms with Crippen molar-refractivity contribution in [1.82, 2.24) is 9.88 Å². The molecule has 2 heterocycles. The Balaban J connectivity index is 1.93. The van der Waals surface area contributed by atoms with Crippen molar-refractivity contribution in [3.63, 3.8) is 0 Å². The molecular weight excluding hydrogens is 184 g/mol. The molecule has 1 fully saturated rings. The molecule has 0 aliphatic carbocycles. The number of amides is 1. The molecule has 1 aromatic heterocycles. The Kier molecular flexibility index (Phi) is 2.39. The predicted octanol–water partition coefficient (Wildman–Crippen LogP) is 1.53. The maximum Gasteiger partial charge on any atom is 0.407 e. The van der Waals surface area contributed by atoms with Gasteiger partial charge in [0.15, 0.2) is 5.89 Å². The number of aromatic nitrogens is 1. The molecule has 2 rings (SSSR count). The van der Waals surface area contributed by atoms with E-state index in [1.807, 2.05) is 0 Å². The molecule has 0 atom stereocenters. The SMILES string of the molecule is O=C(O)N1CCC(c2ncco2)CC1. The summed E-state index contributed by atoms with van der Waals surface area (Å²) in [6.07, 6.45) is 3.94. The van der Waals surface area contributed by atoms with E-state index in [0.717, 1.165) is 18.7 Å². The Hall–Kier alpha value is -1.52. The van der Waals surface area contributed by atoms with Crippen molar-refractivity contribution >= 4 is 6.09 Å². The number of oxazole rings is 1. The van der Waals surface area contributed by atoms with E-state index in [-0.39, 0.29) is 5.92 Å². The van der Waals surface area contributed by atoms with Crippen LogP contribution in [-0.2, 0) is 0 Å². The van der Waals surface area contributed by atoms with Crippen molar-refractivity contribution in [3.05, 3.63) is 18.4 Å². The summed E-state index contributed by atoms with van der Waals surface area (Å²) < 4.78 is 5.19. The standard InChI is InChI=1S/C9H12N2O3/c12-9(13)11-4-1-7(2-5-11)8-10-3-6-14-8/h3,6-7H,1-2,4-5H2,(H,12,13). The lowest BCUT2D eigenvalue weighted by Gasteiger charge is -2.28. The van der Waals surface area contributed by atoms with Gasteiger partial charge in [-0.3, -0.25) is 0 Å². The number of hydrogen-bond acceptors (Lipinski definition) is 3. The fourth-order valence-electron chi connectivity index (χ4n) is 1.75. The molecule has 0 unspecified atom stereocenters. The van der Waals surface area contributed by atoms with Crippen LogP contribution in [0.25, 0.3) is 0 Å². The summed E-state index contributed by atoms with van der Waals surface area (Å²) in [6.45, 7) is 1.14. The highest BCUT2D eigenvalue weighted by Crippen LogP contribution is 2.26. The van der Waals surface area contributed by atoms with Crippen molar-refractivity contribution in [2.75, 3.05) is 13.1 Å². The van der Waals surface area contributed by atoms with Crippen LogP contribution in [0.15, 0.2) is 16.9 Å². The van der Waals surface area contributed by atoms with E-state index in [2.05, 4.69) is 4.98 Å². The minimum absolute atomic E-state index is 0.278. The van der Waals surface area contributed by atoms with Crippen molar-refractivity contribution in [1.29, 1.82) is 0 Å².